The Morgan fingerprint density at radius 1 is 1.23 bits per heavy atom. The first kappa shape index (κ1) is 19.0. The molecule has 0 aliphatic heterocycles. The van der Waals surface area contributed by atoms with Gasteiger partial charge in [0.1, 0.15) is 0 Å². The van der Waals surface area contributed by atoms with Crippen LogP contribution in [-0.2, 0) is 0 Å². The maximum Gasteiger partial charge on any atom is 0.171 e. The van der Waals surface area contributed by atoms with E-state index in [1.54, 1.807) is 0 Å². The van der Waals surface area contributed by atoms with Gasteiger partial charge >= 0.3 is 0 Å². The minimum Gasteiger partial charge on any atom is -0.359 e. The summed E-state index contributed by atoms with van der Waals surface area (Å²) in [6.07, 6.45) is 11.0. The maximum atomic E-state index is 6.35. The van der Waals surface area contributed by atoms with Gasteiger partial charge in [0.15, 0.2) is 5.11 Å². The molecule has 4 aliphatic rings. The van der Waals surface area contributed by atoms with Gasteiger partial charge in [0, 0.05) is 10.5 Å². The lowest BCUT2D eigenvalue weighted by Crippen LogP contribution is -2.57. The van der Waals surface area contributed by atoms with Gasteiger partial charge in [-0.2, -0.15) is 0 Å². The van der Waals surface area contributed by atoms with Crippen molar-refractivity contribution in [2.75, 3.05) is 5.32 Å². The molecule has 0 saturated heterocycles. The van der Waals surface area contributed by atoms with E-state index in [9.17, 15) is 0 Å². The van der Waals surface area contributed by atoms with Crippen LogP contribution in [0.25, 0.3) is 0 Å². The van der Waals surface area contributed by atoms with Crippen molar-refractivity contribution in [1.29, 1.82) is 0 Å². The Labute approximate surface area is 176 Å². The zero-order chi connectivity index (χ0) is 18.3. The summed E-state index contributed by atoms with van der Waals surface area (Å²) < 4.78 is 0.976. The minimum atomic E-state index is 0.458. The fourth-order valence-corrected chi connectivity index (χ4v) is 7.30. The fraction of sp³-hybridized carbons (Fsp3) is 0.667. The number of rotatable bonds is 5. The van der Waals surface area contributed by atoms with E-state index in [1.807, 2.05) is 18.2 Å². The molecule has 142 valence electrons. The van der Waals surface area contributed by atoms with Crippen LogP contribution in [0, 0.1) is 23.2 Å². The van der Waals surface area contributed by atoms with Crippen molar-refractivity contribution in [1.82, 2.24) is 5.32 Å². The molecular weight excluding hydrogens is 428 g/mol. The zero-order valence-electron chi connectivity index (χ0n) is 15.4. The molecule has 2 nitrogen and oxygen atoms in total. The molecule has 1 aromatic rings. The molecular formula is C21H28BrClN2S. The third kappa shape index (κ3) is 3.79. The molecule has 5 rings (SSSR count). The lowest BCUT2D eigenvalue weighted by molar-refractivity contribution is -0.0718. The summed E-state index contributed by atoms with van der Waals surface area (Å²) in [5.41, 5.74) is 1.33. The Morgan fingerprint density at radius 2 is 1.85 bits per heavy atom. The van der Waals surface area contributed by atoms with Crippen molar-refractivity contribution in [3.8, 4) is 0 Å². The van der Waals surface area contributed by atoms with Gasteiger partial charge < -0.3 is 10.6 Å². The second-order valence-electron chi connectivity index (χ2n) is 8.84. The van der Waals surface area contributed by atoms with Crippen molar-refractivity contribution >= 4 is 50.5 Å². The normalized spacial score (nSPS) is 33.1. The molecule has 2 N–H and O–H groups in total. The third-order valence-corrected chi connectivity index (χ3v) is 7.91. The zero-order valence-corrected chi connectivity index (χ0v) is 18.5. The van der Waals surface area contributed by atoms with Gasteiger partial charge in [0.2, 0.25) is 0 Å². The molecule has 4 fully saturated rings. The Bertz CT molecular complexity index is 657. The number of thiocarbonyl (C=S) groups is 1. The predicted octanol–water partition coefficient (Wildman–Crippen LogP) is 6.77. The van der Waals surface area contributed by atoms with Gasteiger partial charge in [0.05, 0.1) is 10.7 Å². The molecule has 0 amide bonds. The number of halogens is 2. The van der Waals surface area contributed by atoms with Crippen LogP contribution in [0.2, 0.25) is 5.02 Å². The molecule has 4 saturated carbocycles. The van der Waals surface area contributed by atoms with Gasteiger partial charge in [-0.3, -0.25) is 0 Å². The van der Waals surface area contributed by atoms with Crippen molar-refractivity contribution in [3.05, 3.63) is 27.7 Å². The lowest BCUT2D eigenvalue weighted by Gasteiger charge is -2.59. The number of nitrogens with one attached hydrogen (secondary N) is 2. The minimum absolute atomic E-state index is 0.458. The molecule has 0 spiro atoms. The molecule has 26 heavy (non-hydrogen) atoms. The Hall–Kier alpha value is -0.320. The van der Waals surface area contributed by atoms with Crippen LogP contribution in [0.15, 0.2) is 22.7 Å². The monoisotopic (exact) mass is 454 g/mol. The molecule has 4 bridgehead atoms. The Morgan fingerprint density at radius 3 is 2.38 bits per heavy atom. The smallest absolute Gasteiger partial charge is 0.171 e. The first-order valence-corrected chi connectivity index (χ1v) is 11.6. The molecule has 0 heterocycles. The van der Waals surface area contributed by atoms with Crippen LogP contribution in [0.4, 0.5) is 5.69 Å². The summed E-state index contributed by atoms with van der Waals surface area (Å²) in [5.74, 6) is 2.89. The highest BCUT2D eigenvalue weighted by Gasteiger charge is 2.54. The SMILES string of the molecule is CCCC(NC(=S)Nc1ccc(Br)cc1Cl)C12CC3CC(CC(C3)C1)C2. The van der Waals surface area contributed by atoms with Crippen molar-refractivity contribution in [3.63, 3.8) is 0 Å². The first-order chi connectivity index (χ1) is 12.5. The second kappa shape index (κ2) is 7.60. The van der Waals surface area contributed by atoms with Crippen LogP contribution >= 0.6 is 39.7 Å². The average molecular weight is 456 g/mol. The van der Waals surface area contributed by atoms with Crippen molar-refractivity contribution < 1.29 is 0 Å². The van der Waals surface area contributed by atoms with E-state index < -0.39 is 0 Å². The number of benzene rings is 1. The van der Waals surface area contributed by atoms with Crippen LogP contribution in [-0.4, -0.2) is 11.2 Å². The summed E-state index contributed by atoms with van der Waals surface area (Å²) in [4.78, 5) is 0. The largest absolute Gasteiger partial charge is 0.359 e. The molecule has 1 unspecified atom stereocenters. The Balaban J connectivity index is 1.47. The Kier molecular flexibility index (Phi) is 5.56. The molecule has 0 aromatic heterocycles. The van der Waals surface area contributed by atoms with E-state index in [-0.39, 0.29) is 0 Å². The van der Waals surface area contributed by atoms with Gasteiger partial charge in [0.25, 0.3) is 0 Å². The standard InChI is InChI=1S/C21H28BrClN2S/c1-2-3-19(21-10-13-6-14(11-21)8-15(7-13)12-21)25-20(26)24-18-5-4-16(22)9-17(18)23/h4-5,9,13-15,19H,2-3,6-8,10-12H2,1H3,(H2,24,25,26). The van der Waals surface area contributed by atoms with Gasteiger partial charge in [-0.25, -0.2) is 0 Å². The summed E-state index contributed by atoms with van der Waals surface area (Å²) in [6.45, 7) is 2.29. The van der Waals surface area contributed by atoms with Crippen LogP contribution in [0.1, 0.15) is 58.3 Å². The van der Waals surface area contributed by atoms with Gasteiger partial charge in [-0.05, 0) is 98.5 Å². The molecule has 0 radical (unpaired) electrons. The van der Waals surface area contributed by atoms with E-state index in [2.05, 4.69) is 33.5 Å². The maximum absolute atomic E-state index is 6.35. The average Bonchev–Trinajstić information content (AvgIpc) is 2.56. The molecule has 1 aromatic carbocycles. The third-order valence-electron chi connectivity index (χ3n) is 6.89. The van der Waals surface area contributed by atoms with E-state index in [0.29, 0.717) is 21.6 Å². The van der Waals surface area contributed by atoms with E-state index in [0.717, 1.165) is 27.9 Å². The van der Waals surface area contributed by atoms with E-state index in [1.165, 1.54) is 51.4 Å². The first-order valence-electron chi connectivity index (χ1n) is 10.00. The highest BCUT2D eigenvalue weighted by molar-refractivity contribution is 9.10. The van der Waals surface area contributed by atoms with Crippen LogP contribution in [0.5, 0.6) is 0 Å². The van der Waals surface area contributed by atoms with Gasteiger partial charge in [-0.1, -0.05) is 40.9 Å². The number of hydrogen-bond donors (Lipinski definition) is 2. The second-order valence-corrected chi connectivity index (χ2v) is 10.6. The lowest BCUT2D eigenvalue weighted by atomic mass is 9.47. The number of anilines is 1. The van der Waals surface area contributed by atoms with Crippen molar-refractivity contribution in [2.45, 2.75) is 64.3 Å². The molecule has 4 aliphatic carbocycles. The quantitative estimate of drug-likeness (QED) is 0.479. The number of hydrogen-bond acceptors (Lipinski definition) is 1. The highest BCUT2D eigenvalue weighted by Crippen LogP contribution is 2.61. The fourth-order valence-electron chi connectivity index (χ4n) is 6.33. The molecule has 5 heteroatoms. The topological polar surface area (TPSA) is 24.1 Å². The van der Waals surface area contributed by atoms with Crippen molar-refractivity contribution in [2.24, 2.45) is 23.2 Å². The van der Waals surface area contributed by atoms with Crippen LogP contribution in [0.3, 0.4) is 0 Å². The van der Waals surface area contributed by atoms with E-state index in [4.69, 9.17) is 23.8 Å². The van der Waals surface area contributed by atoms with Gasteiger partial charge in [-0.15, -0.1) is 0 Å². The van der Waals surface area contributed by atoms with E-state index >= 15 is 0 Å². The summed E-state index contributed by atoms with van der Waals surface area (Å²) in [5, 5.41) is 8.44. The predicted molar refractivity (Wildman–Crippen MR) is 118 cm³/mol. The summed E-state index contributed by atoms with van der Waals surface area (Å²) in [7, 11) is 0. The highest BCUT2D eigenvalue weighted by atomic mass is 79.9. The summed E-state index contributed by atoms with van der Waals surface area (Å²) in [6, 6.07) is 6.34. The molecule has 1 atom stereocenters. The summed E-state index contributed by atoms with van der Waals surface area (Å²) >= 11 is 15.5. The van der Waals surface area contributed by atoms with Crippen LogP contribution < -0.4 is 10.6 Å².